The second-order valence-corrected chi connectivity index (χ2v) is 9.18. The van der Waals surface area contributed by atoms with Crippen molar-refractivity contribution in [1.29, 1.82) is 0 Å². The molecule has 3 rings (SSSR count). The minimum Gasteiger partial charge on any atom is -0.380 e. The molecule has 0 unspecified atom stereocenters. The molecule has 2 atom stereocenters. The van der Waals surface area contributed by atoms with Crippen molar-refractivity contribution in [2.24, 2.45) is 11.3 Å². The minimum absolute atomic E-state index is 0.0561. The number of ether oxygens (including phenoxy) is 1. The molecule has 0 aliphatic carbocycles. The molecule has 0 radical (unpaired) electrons. The summed E-state index contributed by atoms with van der Waals surface area (Å²) in [5, 5.41) is 2.10. The zero-order chi connectivity index (χ0) is 14.9. The predicted octanol–water partition coefficient (Wildman–Crippen LogP) is 1.14. The third-order valence-corrected chi connectivity index (χ3v) is 6.78. The number of hydrogen-bond donors (Lipinski definition) is 1. The van der Waals surface area contributed by atoms with Gasteiger partial charge >= 0.3 is 0 Å². The second kappa shape index (κ2) is 5.96. The summed E-state index contributed by atoms with van der Waals surface area (Å²) in [5.41, 5.74) is -0.0561. The average Bonchev–Trinajstić information content (AvgIpc) is 3.13. The maximum atomic E-state index is 11.7. The normalized spacial score (nSPS) is 29.9. The maximum Gasteiger partial charge on any atom is 0.211 e. The first kappa shape index (κ1) is 15.4. The molecule has 0 saturated carbocycles. The summed E-state index contributed by atoms with van der Waals surface area (Å²) in [5.74, 6) is 0.560. The molecule has 5 nitrogen and oxygen atoms in total. The van der Waals surface area contributed by atoms with E-state index in [1.54, 1.807) is 18.3 Å². The molecular weight excluding hydrogens is 308 g/mol. The molecule has 3 heterocycles. The third kappa shape index (κ3) is 3.32. The zero-order valence-electron chi connectivity index (χ0n) is 12.2. The van der Waals surface area contributed by atoms with Gasteiger partial charge in [-0.3, -0.25) is 4.90 Å². The van der Waals surface area contributed by atoms with Gasteiger partial charge in [0.25, 0.3) is 0 Å². The van der Waals surface area contributed by atoms with Crippen LogP contribution in [0, 0.1) is 11.3 Å². The fraction of sp³-hybridized carbons (Fsp3) is 0.714. The fourth-order valence-electron chi connectivity index (χ4n) is 3.29. The Balaban J connectivity index is 1.66. The van der Waals surface area contributed by atoms with Crippen LogP contribution >= 0.6 is 11.3 Å². The van der Waals surface area contributed by atoms with Crippen molar-refractivity contribution in [2.75, 3.05) is 38.6 Å². The Kier molecular flexibility index (Phi) is 4.38. The van der Waals surface area contributed by atoms with Crippen molar-refractivity contribution >= 4 is 21.4 Å². The maximum absolute atomic E-state index is 11.7. The van der Waals surface area contributed by atoms with E-state index in [4.69, 9.17) is 4.74 Å². The SMILES string of the molecule is CCS(=O)(=O)NC[C@@]12COC[C@@H]1CN(Cc1cccs1)C2. The van der Waals surface area contributed by atoms with Gasteiger partial charge in [0, 0.05) is 42.4 Å². The van der Waals surface area contributed by atoms with E-state index in [0.717, 1.165) is 26.2 Å². The van der Waals surface area contributed by atoms with E-state index in [9.17, 15) is 8.42 Å². The smallest absolute Gasteiger partial charge is 0.211 e. The summed E-state index contributed by atoms with van der Waals surface area (Å²) in [6.45, 7) is 6.42. The molecule has 2 aliphatic heterocycles. The Hall–Kier alpha value is -0.470. The number of hydrogen-bond acceptors (Lipinski definition) is 5. The quantitative estimate of drug-likeness (QED) is 0.850. The lowest BCUT2D eigenvalue weighted by Gasteiger charge is -2.27. The molecule has 1 aromatic heterocycles. The van der Waals surface area contributed by atoms with Crippen LogP contribution in [0.1, 0.15) is 11.8 Å². The van der Waals surface area contributed by atoms with Crippen LogP contribution in [0.3, 0.4) is 0 Å². The molecule has 7 heteroatoms. The van der Waals surface area contributed by atoms with Gasteiger partial charge in [0.15, 0.2) is 0 Å². The van der Waals surface area contributed by atoms with Crippen LogP contribution in [0.15, 0.2) is 17.5 Å². The monoisotopic (exact) mass is 330 g/mol. The van der Waals surface area contributed by atoms with Gasteiger partial charge in [-0.05, 0) is 18.4 Å². The van der Waals surface area contributed by atoms with Crippen LogP contribution in [0.25, 0.3) is 0 Å². The highest BCUT2D eigenvalue weighted by molar-refractivity contribution is 7.89. The first-order chi connectivity index (χ1) is 10.0. The molecule has 2 aliphatic rings. The van der Waals surface area contributed by atoms with Crippen molar-refractivity contribution in [1.82, 2.24) is 9.62 Å². The van der Waals surface area contributed by atoms with Crippen LogP contribution in [-0.4, -0.2) is 51.9 Å². The highest BCUT2D eigenvalue weighted by atomic mass is 32.2. The standard InChI is InChI=1S/C14H22N2O3S2/c1-2-21(17,18)15-9-14-10-16(6-12(14)8-19-11-14)7-13-4-3-5-20-13/h3-5,12,15H,2,6-11H2,1H3/t12-,14+/m0/s1. The average molecular weight is 330 g/mol. The molecule has 1 aromatic rings. The molecule has 21 heavy (non-hydrogen) atoms. The van der Waals surface area contributed by atoms with E-state index in [1.165, 1.54) is 4.88 Å². The molecule has 2 fully saturated rings. The Morgan fingerprint density at radius 1 is 1.57 bits per heavy atom. The molecule has 0 aromatic carbocycles. The van der Waals surface area contributed by atoms with E-state index < -0.39 is 10.0 Å². The summed E-state index contributed by atoms with van der Waals surface area (Å²) < 4.78 is 31.8. The molecular formula is C14H22N2O3S2. The van der Waals surface area contributed by atoms with Crippen LogP contribution in [-0.2, 0) is 21.3 Å². The van der Waals surface area contributed by atoms with Gasteiger partial charge in [-0.15, -0.1) is 11.3 Å². The Labute approximate surface area is 130 Å². The summed E-state index contributed by atoms with van der Waals surface area (Å²) in [6, 6.07) is 4.23. The highest BCUT2D eigenvalue weighted by Gasteiger charge is 2.50. The van der Waals surface area contributed by atoms with Gasteiger partial charge in [-0.1, -0.05) is 6.07 Å². The lowest BCUT2D eigenvalue weighted by atomic mass is 9.81. The van der Waals surface area contributed by atoms with Gasteiger partial charge in [-0.2, -0.15) is 0 Å². The summed E-state index contributed by atoms with van der Waals surface area (Å²) >= 11 is 1.77. The van der Waals surface area contributed by atoms with Crippen molar-refractivity contribution in [3.63, 3.8) is 0 Å². The third-order valence-electron chi connectivity index (χ3n) is 4.58. The lowest BCUT2D eigenvalue weighted by molar-refractivity contribution is 0.128. The van der Waals surface area contributed by atoms with Crippen LogP contribution in [0.5, 0.6) is 0 Å². The van der Waals surface area contributed by atoms with Crippen molar-refractivity contribution in [3.8, 4) is 0 Å². The number of sulfonamides is 1. The molecule has 118 valence electrons. The van der Waals surface area contributed by atoms with Crippen molar-refractivity contribution in [2.45, 2.75) is 13.5 Å². The summed E-state index contributed by atoms with van der Waals surface area (Å²) in [4.78, 5) is 3.79. The molecule has 0 amide bonds. The molecule has 1 N–H and O–H groups in total. The van der Waals surface area contributed by atoms with Crippen molar-refractivity contribution < 1.29 is 13.2 Å². The van der Waals surface area contributed by atoms with E-state index in [0.29, 0.717) is 19.1 Å². The zero-order valence-corrected chi connectivity index (χ0v) is 13.9. The number of nitrogens with zero attached hydrogens (tertiary/aromatic N) is 1. The highest BCUT2D eigenvalue weighted by Crippen LogP contribution is 2.41. The largest absolute Gasteiger partial charge is 0.380 e. The number of rotatable bonds is 6. The number of likely N-dealkylation sites (tertiary alicyclic amines) is 1. The Morgan fingerprint density at radius 3 is 3.14 bits per heavy atom. The first-order valence-corrected chi connectivity index (χ1v) is 9.86. The Bertz CT molecular complexity index is 573. The van der Waals surface area contributed by atoms with Gasteiger partial charge in [0.2, 0.25) is 10.0 Å². The topological polar surface area (TPSA) is 58.6 Å². The Morgan fingerprint density at radius 2 is 2.43 bits per heavy atom. The number of fused-ring (bicyclic) bond motifs is 1. The van der Waals surface area contributed by atoms with Crippen LogP contribution in [0.4, 0.5) is 0 Å². The second-order valence-electron chi connectivity index (χ2n) is 6.05. The van der Waals surface area contributed by atoms with Gasteiger partial charge in [0.1, 0.15) is 0 Å². The molecule has 2 saturated heterocycles. The van der Waals surface area contributed by atoms with E-state index in [2.05, 4.69) is 27.1 Å². The van der Waals surface area contributed by atoms with Crippen molar-refractivity contribution in [3.05, 3.63) is 22.4 Å². The van der Waals surface area contributed by atoms with Crippen LogP contribution < -0.4 is 4.72 Å². The summed E-state index contributed by atoms with van der Waals surface area (Å²) in [6.07, 6.45) is 0. The predicted molar refractivity (Wildman–Crippen MR) is 83.8 cm³/mol. The van der Waals surface area contributed by atoms with Gasteiger partial charge in [-0.25, -0.2) is 13.1 Å². The molecule has 0 bridgehead atoms. The van der Waals surface area contributed by atoms with Gasteiger partial charge in [0.05, 0.1) is 19.0 Å². The van der Waals surface area contributed by atoms with Gasteiger partial charge < -0.3 is 4.74 Å². The lowest BCUT2D eigenvalue weighted by Crippen LogP contribution is -2.43. The fourth-order valence-corrected chi connectivity index (χ4v) is 4.75. The first-order valence-electron chi connectivity index (χ1n) is 7.33. The van der Waals surface area contributed by atoms with E-state index >= 15 is 0 Å². The van der Waals surface area contributed by atoms with E-state index in [1.807, 2.05) is 0 Å². The van der Waals surface area contributed by atoms with E-state index in [-0.39, 0.29) is 11.2 Å². The van der Waals surface area contributed by atoms with Crippen LogP contribution in [0.2, 0.25) is 0 Å². The summed E-state index contributed by atoms with van der Waals surface area (Å²) in [7, 11) is -3.14. The minimum atomic E-state index is -3.14. The number of thiophene rings is 1. The molecule has 0 spiro atoms. The number of nitrogens with one attached hydrogen (secondary N) is 1.